The van der Waals surface area contributed by atoms with E-state index in [1.165, 1.54) is 12.8 Å². The van der Waals surface area contributed by atoms with Crippen molar-refractivity contribution in [2.24, 2.45) is 17.3 Å². The van der Waals surface area contributed by atoms with Crippen LogP contribution in [0.4, 0.5) is 0 Å². The summed E-state index contributed by atoms with van der Waals surface area (Å²) in [6, 6.07) is 0. The van der Waals surface area contributed by atoms with Crippen LogP contribution in [0.2, 0.25) is 0 Å². The number of carbonyl (C=O) groups is 1. The third kappa shape index (κ3) is 4.74. The number of rotatable bonds is 5. The molecule has 2 heterocycles. The van der Waals surface area contributed by atoms with Crippen LogP contribution in [0, 0.1) is 17.3 Å². The van der Waals surface area contributed by atoms with Crippen LogP contribution in [-0.4, -0.2) is 38.6 Å². The first-order valence-electron chi connectivity index (χ1n) is 8.27. The van der Waals surface area contributed by atoms with Crippen LogP contribution in [-0.2, 0) is 4.79 Å². The van der Waals surface area contributed by atoms with Crippen molar-refractivity contribution >= 4 is 5.91 Å². The molecule has 0 saturated carbocycles. The van der Waals surface area contributed by atoms with Crippen molar-refractivity contribution in [1.82, 2.24) is 16.0 Å². The number of hydrogen-bond acceptors (Lipinski definition) is 3. The van der Waals surface area contributed by atoms with Crippen LogP contribution in [0.15, 0.2) is 0 Å². The molecule has 2 atom stereocenters. The average molecular weight is 281 g/mol. The summed E-state index contributed by atoms with van der Waals surface area (Å²) >= 11 is 0. The molecule has 2 rings (SSSR count). The average Bonchev–Trinajstić information content (AvgIpc) is 2.47. The number of hydrogen-bond donors (Lipinski definition) is 3. The van der Waals surface area contributed by atoms with E-state index >= 15 is 0 Å². The molecule has 0 aromatic heterocycles. The van der Waals surface area contributed by atoms with Crippen molar-refractivity contribution in [2.45, 2.75) is 46.0 Å². The zero-order chi connectivity index (χ0) is 14.4. The van der Waals surface area contributed by atoms with Crippen molar-refractivity contribution in [3.05, 3.63) is 0 Å². The van der Waals surface area contributed by atoms with Gasteiger partial charge in [0.15, 0.2) is 0 Å². The first-order chi connectivity index (χ1) is 9.59. The smallest absolute Gasteiger partial charge is 0.220 e. The molecule has 4 heteroatoms. The summed E-state index contributed by atoms with van der Waals surface area (Å²) in [5.41, 5.74) is 0.288. The van der Waals surface area contributed by atoms with Crippen molar-refractivity contribution < 1.29 is 4.79 Å². The summed E-state index contributed by atoms with van der Waals surface area (Å²) in [6.45, 7) is 9.74. The highest BCUT2D eigenvalue weighted by molar-refractivity contribution is 5.76. The zero-order valence-electron chi connectivity index (χ0n) is 13.1. The molecule has 0 aromatic carbocycles. The molecule has 2 aliphatic rings. The lowest BCUT2D eigenvalue weighted by atomic mass is 9.81. The summed E-state index contributed by atoms with van der Waals surface area (Å²) in [5.74, 6) is 1.40. The highest BCUT2D eigenvalue weighted by Gasteiger charge is 2.28. The minimum absolute atomic E-state index is 0.239. The fourth-order valence-electron chi connectivity index (χ4n) is 3.41. The van der Waals surface area contributed by atoms with Gasteiger partial charge in [-0.15, -0.1) is 0 Å². The van der Waals surface area contributed by atoms with E-state index in [1.54, 1.807) is 0 Å². The van der Waals surface area contributed by atoms with Crippen LogP contribution in [0.1, 0.15) is 46.0 Å². The fraction of sp³-hybridized carbons (Fsp3) is 0.938. The Morgan fingerprint density at radius 1 is 1.30 bits per heavy atom. The molecule has 0 aliphatic carbocycles. The number of nitrogens with one attached hydrogen (secondary N) is 3. The van der Waals surface area contributed by atoms with Crippen molar-refractivity contribution in [2.75, 3.05) is 32.7 Å². The third-order valence-corrected chi connectivity index (χ3v) is 5.17. The van der Waals surface area contributed by atoms with Crippen LogP contribution in [0.3, 0.4) is 0 Å². The minimum Gasteiger partial charge on any atom is -0.356 e. The lowest BCUT2D eigenvalue weighted by Gasteiger charge is -2.34. The summed E-state index contributed by atoms with van der Waals surface area (Å²) in [6.07, 6.45) is 5.53. The largest absolute Gasteiger partial charge is 0.356 e. The van der Waals surface area contributed by atoms with E-state index in [2.05, 4.69) is 29.8 Å². The molecule has 3 N–H and O–H groups in total. The van der Waals surface area contributed by atoms with Crippen LogP contribution in [0.5, 0.6) is 0 Å². The van der Waals surface area contributed by atoms with Gasteiger partial charge in [0.05, 0.1) is 0 Å². The maximum Gasteiger partial charge on any atom is 0.220 e. The highest BCUT2D eigenvalue weighted by Crippen LogP contribution is 2.27. The maximum atomic E-state index is 12.1. The molecular weight excluding hydrogens is 250 g/mol. The lowest BCUT2D eigenvalue weighted by Crippen LogP contribution is -2.43. The van der Waals surface area contributed by atoms with E-state index in [0.717, 1.165) is 45.6 Å². The van der Waals surface area contributed by atoms with Gasteiger partial charge in [0.2, 0.25) is 5.91 Å². The second kappa shape index (κ2) is 7.41. The quantitative estimate of drug-likeness (QED) is 0.716. The maximum absolute atomic E-state index is 12.1. The zero-order valence-corrected chi connectivity index (χ0v) is 13.1. The summed E-state index contributed by atoms with van der Waals surface area (Å²) in [4.78, 5) is 12.1. The second-order valence-corrected chi connectivity index (χ2v) is 7.13. The Balaban J connectivity index is 1.69. The van der Waals surface area contributed by atoms with Gasteiger partial charge in [-0.2, -0.15) is 0 Å². The van der Waals surface area contributed by atoms with E-state index in [9.17, 15) is 4.79 Å². The lowest BCUT2D eigenvalue weighted by molar-refractivity contribution is -0.122. The molecular formula is C16H31N3O. The molecule has 2 aliphatic heterocycles. The number of carbonyl (C=O) groups excluding carboxylic acids is 1. The van der Waals surface area contributed by atoms with E-state index in [1.807, 2.05) is 0 Å². The number of piperidine rings is 2. The first kappa shape index (κ1) is 15.8. The molecule has 2 saturated heterocycles. The first-order valence-corrected chi connectivity index (χ1v) is 8.27. The molecule has 1 amide bonds. The summed E-state index contributed by atoms with van der Waals surface area (Å²) in [5, 5.41) is 10.00. The molecule has 2 unspecified atom stereocenters. The van der Waals surface area contributed by atoms with Crippen LogP contribution in [0.25, 0.3) is 0 Å². The Hall–Kier alpha value is -0.610. The van der Waals surface area contributed by atoms with Gasteiger partial charge in [-0.1, -0.05) is 13.8 Å². The van der Waals surface area contributed by atoms with Gasteiger partial charge >= 0.3 is 0 Å². The predicted octanol–water partition coefficient (Wildman–Crippen LogP) is 1.52. The molecule has 0 spiro atoms. The minimum atomic E-state index is 0.239. The van der Waals surface area contributed by atoms with Crippen molar-refractivity contribution in [3.8, 4) is 0 Å². The predicted molar refractivity (Wildman–Crippen MR) is 82.6 cm³/mol. The van der Waals surface area contributed by atoms with Gasteiger partial charge in [0.1, 0.15) is 0 Å². The molecule has 0 radical (unpaired) electrons. The van der Waals surface area contributed by atoms with Crippen LogP contribution < -0.4 is 16.0 Å². The highest BCUT2D eigenvalue weighted by atomic mass is 16.1. The Morgan fingerprint density at radius 2 is 2.05 bits per heavy atom. The van der Waals surface area contributed by atoms with E-state index < -0.39 is 0 Å². The van der Waals surface area contributed by atoms with Gasteiger partial charge in [0, 0.05) is 13.0 Å². The molecule has 2 fully saturated rings. The third-order valence-electron chi connectivity index (χ3n) is 5.17. The Morgan fingerprint density at radius 3 is 2.70 bits per heavy atom. The summed E-state index contributed by atoms with van der Waals surface area (Å²) < 4.78 is 0. The van der Waals surface area contributed by atoms with Gasteiger partial charge in [0.25, 0.3) is 0 Å². The molecule has 20 heavy (non-hydrogen) atoms. The molecule has 0 bridgehead atoms. The Bertz CT molecular complexity index is 307. The molecule has 116 valence electrons. The van der Waals surface area contributed by atoms with E-state index in [-0.39, 0.29) is 11.3 Å². The molecule has 4 nitrogen and oxygen atoms in total. The van der Waals surface area contributed by atoms with E-state index in [4.69, 9.17) is 0 Å². The fourth-order valence-corrected chi connectivity index (χ4v) is 3.41. The van der Waals surface area contributed by atoms with Gasteiger partial charge in [-0.25, -0.2) is 0 Å². The van der Waals surface area contributed by atoms with Gasteiger partial charge in [-0.3, -0.25) is 4.79 Å². The Labute approximate surface area is 123 Å². The Kier molecular flexibility index (Phi) is 5.85. The topological polar surface area (TPSA) is 53.2 Å². The second-order valence-electron chi connectivity index (χ2n) is 7.13. The van der Waals surface area contributed by atoms with E-state index in [0.29, 0.717) is 18.3 Å². The summed E-state index contributed by atoms with van der Waals surface area (Å²) in [7, 11) is 0. The van der Waals surface area contributed by atoms with Gasteiger partial charge in [-0.05, 0) is 69.1 Å². The van der Waals surface area contributed by atoms with Gasteiger partial charge < -0.3 is 16.0 Å². The molecule has 0 aromatic rings. The SMILES string of the molecule is CC(CC(=O)NCC1(C)CCNCC1)C1CCCNC1. The standard InChI is InChI=1S/C16H31N3O/c1-13(14-4-3-7-18-11-14)10-15(20)19-12-16(2)5-8-17-9-6-16/h13-14,17-18H,3-12H2,1-2H3,(H,19,20). The van der Waals surface area contributed by atoms with Crippen LogP contribution >= 0.6 is 0 Å². The number of amides is 1. The normalized spacial score (nSPS) is 27.8. The van der Waals surface area contributed by atoms with Crippen molar-refractivity contribution in [3.63, 3.8) is 0 Å². The van der Waals surface area contributed by atoms with Crippen molar-refractivity contribution in [1.29, 1.82) is 0 Å². The monoisotopic (exact) mass is 281 g/mol.